The van der Waals surface area contributed by atoms with Gasteiger partial charge in [-0.15, -0.1) is 0 Å². The van der Waals surface area contributed by atoms with Crippen LogP contribution in [0, 0.1) is 17.8 Å². The first kappa shape index (κ1) is 13.7. The molecule has 0 saturated heterocycles. The van der Waals surface area contributed by atoms with Crippen molar-refractivity contribution >= 4 is 11.5 Å². The van der Waals surface area contributed by atoms with Gasteiger partial charge in [-0.1, -0.05) is 32.0 Å². The number of ketones is 1. The highest BCUT2D eigenvalue weighted by Crippen LogP contribution is 2.34. The molecule has 3 rings (SSSR count). The summed E-state index contributed by atoms with van der Waals surface area (Å²) in [7, 11) is 0. The maximum absolute atomic E-state index is 12.4. The molecule has 0 spiro atoms. The summed E-state index contributed by atoms with van der Waals surface area (Å²) in [6.07, 6.45) is 4.37. The minimum atomic E-state index is 0.234. The van der Waals surface area contributed by atoms with Crippen molar-refractivity contribution in [3.05, 3.63) is 29.8 Å². The van der Waals surface area contributed by atoms with Gasteiger partial charge < -0.3 is 4.90 Å². The smallest absolute Gasteiger partial charge is 0.138 e. The maximum atomic E-state index is 12.4. The predicted molar refractivity (Wildman–Crippen MR) is 83.0 cm³/mol. The SMILES string of the molecule is CC1CC(=O)C(CN2CCCc3ccccc32)C(C)C1. The second-order valence-corrected chi connectivity index (χ2v) is 6.77. The van der Waals surface area contributed by atoms with Gasteiger partial charge in [0, 0.05) is 31.1 Å². The van der Waals surface area contributed by atoms with E-state index in [2.05, 4.69) is 43.0 Å². The molecule has 2 heteroatoms. The molecule has 108 valence electrons. The number of aryl methyl sites for hydroxylation is 1. The van der Waals surface area contributed by atoms with Crippen LogP contribution in [0.1, 0.15) is 38.7 Å². The molecule has 1 heterocycles. The van der Waals surface area contributed by atoms with E-state index >= 15 is 0 Å². The highest BCUT2D eigenvalue weighted by molar-refractivity contribution is 5.83. The Morgan fingerprint density at radius 2 is 2.05 bits per heavy atom. The van der Waals surface area contributed by atoms with E-state index < -0.39 is 0 Å². The molecular weight excluding hydrogens is 246 g/mol. The van der Waals surface area contributed by atoms with Gasteiger partial charge >= 0.3 is 0 Å². The molecule has 2 aliphatic rings. The highest BCUT2D eigenvalue weighted by atomic mass is 16.1. The molecule has 1 aromatic carbocycles. The third-order valence-corrected chi connectivity index (χ3v) is 5.05. The molecule has 1 aromatic rings. The summed E-state index contributed by atoms with van der Waals surface area (Å²) >= 11 is 0. The first-order valence-corrected chi connectivity index (χ1v) is 8.00. The molecule has 0 bridgehead atoms. The van der Waals surface area contributed by atoms with Gasteiger partial charge in [-0.2, -0.15) is 0 Å². The number of para-hydroxylation sites is 1. The minimum Gasteiger partial charge on any atom is -0.371 e. The molecule has 3 atom stereocenters. The summed E-state index contributed by atoms with van der Waals surface area (Å²) in [5.41, 5.74) is 2.81. The van der Waals surface area contributed by atoms with Crippen molar-refractivity contribution in [1.29, 1.82) is 0 Å². The Kier molecular flexibility index (Phi) is 3.82. The molecule has 0 N–H and O–H groups in total. The topological polar surface area (TPSA) is 20.3 Å². The van der Waals surface area contributed by atoms with Crippen molar-refractivity contribution in [2.45, 2.75) is 39.5 Å². The molecule has 1 saturated carbocycles. The minimum absolute atomic E-state index is 0.234. The maximum Gasteiger partial charge on any atom is 0.138 e. The molecule has 0 aromatic heterocycles. The Morgan fingerprint density at radius 1 is 1.25 bits per heavy atom. The van der Waals surface area contributed by atoms with Crippen LogP contribution >= 0.6 is 0 Å². The van der Waals surface area contributed by atoms with E-state index in [1.54, 1.807) is 0 Å². The Hall–Kier alpha value is -1.31. The van der Waals surface area contributed by atoms with Crippen molar-refractivity contribution in [2.75, 3.05) is 18.0 Å². The number of anilines is 1. The fourth-order valence-electron chi connectivity index (χ4n) is 4.01. The van der Waals surface area contributed by atoms with Gasteiger partial charge in [0.1, 0.15) is 5.78 Å². The largest absolute Gasteiger partial charge is 0.371 e. The Labute approximate surface area is 122 Å². The molecule has 0 amide bonds. The zero-order valence-electron chi connectivity index (χ0n) is 12.6. The van der Waals surface area contributed by atoms with Crippen molar-refractivity contribution in [3.63, 3.8) is 0 Å². The average molecular weight is 271 g/mol. The predicted octanol–water partition coefficient (Wildman–Crippen LogP) is 3.69. The summed E-state index contributed by atoms with van der Waals surface area (Å²) in [6.45, 7) is 6.49. The summed E-state index contributed by atoms with van der Waals surface area (Å²) < 4.78 is 0. The van der Waals surface area contributed by atoms with Crippen molar-refractivity contribution in [1.82, 2.24) is 0 Å². The lowest BCUT2D eigenvalue weighted by Crippen LogP contribution is -2.42. The zero-order valence-corrected chi connectivity index (χ0v) is 12.6. The molecule has 3 unspecified atom stereocenters. The Balaban J connectivity index is 1.77. The molecular formula is C18H25NO. The number of carbonyl (C=O) groups excluding carboxylic acids is 1. The molecule has 1 aliphatic carbocycles. The summed E-state index contributed by atoms with van der Waals surface area (Å²) in [6, 6.07) is 8.69. The monoisotopic (exact) mass is 271 g/mol. The number of Topliss-reactive ketones (excluding diaryl/α,β-unsaturated/α-hetero) is 1. The van der Waals surface area contributed by atoms with E-state index in [9.17, 15) is 4.79 Å². The van der Waals surface area contributed by atoms with E-state index in [4.69, 9.17) is 0 Å². The van der Waals surface area contributed by atoms with Gasteiger partial charge in [0.25, 0.3) is 0 Å². The van der Waals surface area contributed by atoms with Gasteiger partial charge in [-0.05, 0) is 42.7 Å². The van der Waals surface area contributed by atoms with Crippen molar-refractivity contribution < 1.29 is 4.79 Å². The molecule has 1 aliphatic heterocycles. The zero-order chi connectivity index (χ0) is 14.1. The first-order valence-electron chi connectivity index (χ1n) is 8.00. The lowest BCUT2D eigenvalue weighted by atomic mass is 9.74. The number of fused-ring (bicyclic) bond motifs is 1. The third-order valence-electron chi connectivity index (χ3n) is 5.05. The fraction of sp³-hybridized carbons (Fsp3) is 0.611. The standard InChI is InChI=1S/C18H25NO/c1-13-10-14(2)16(18(20)11-13)12-19-9-5-7-15-6-3-4-8-17(15)19/h3-4,6,8,13-14,16H,5,7,9-12H2,1-2H3. The summed E-state index contributed by atoms with van der Waals surface area (Å²) in [5.74, 6) is 1.82. The van der Waals surface area contributed by atoms with Crippen LogP contribution in [0.5, 0.6) is 0 Å². The van der Waals surface area contributed by atoms with E-state index in [0.717, 1.165) is 19.5 Å². The van der Waals surface area contributed by atoms with E-state index in [1.807, 2.05) is 0 Å². The quantitative estimate of drug-likeness (QED) is 0.817. The van der Waals surface area contributed by atoms with Crippen molar-refractivity contribution in [2.24, 2.45) is 17.8 Å². The Bertz CT molecular complexity index is 496. The van der Waals surface area contributed by atoms with Gasteiger partial charge in [0.2, 0.25) is 0 Å². The second kappa shape index (κ2) is 5.59. The summed E-state index contributed by atoms with van der Waals surface area (Å²) in [5, 5.41) is 0. The number of carbonyl (C=O) groups is 1. The van der Waals surface area contributed by atoms with Gasteiger partial charge in [0.15, 0.2) is 0 Å². The number of rotatable bonds is 2. The van der Waals surface area contributed by atoms with E-state index in [1.165, 1.54) is 30.5 Å². The van der Waals surface area contributed by atoms with Crippen LogP contribution in [-0.2, 0) is 11.2 Å². The normalized spacial score (nSPS) is 30.2. The van der Waals surface area contributed by atoms with Crippen LogP contribution in [0.25, 0.3) is 0 Å². The van der Waals surface area contributed by atoms with Crippen LogP contribution in [0.15, 0.2) is 24.3 Å². The third kappa shape index (κ3) is 2.61. The lowest BCUT2D eigenvalue weighted by molar-refractivity contribution is -0.127. The molecule has 2 nitrogen and oxygen atoms in total. The van der Waals surface area contributed by atoms with Gasteiger partial charge in [0.05, 0.1) is 0 Å². The number of nitrogens with zero attached hydrogens (tertiary/aromatic N) is 1. The first-order chi connectivity index (χ1) is 9.65. The van der Waals surface area contributed by atoms with Crippen molar-refractivity contribution in [3.8, 4) is 0 Å². The van der Waals surface area contributed by atoms with E-state index in [-0.39, 0.29) is 5.92 Å². The Morgan fingerprint density at radius 3 is 2.85 bits per heavy atom. The molecule has 1 fully saturated rings. The molecule has 20 heavy (non-hydrogen) atoms. The molecule has 0 radical (unpaired) electrons. The lowest BCUT2D eigenvalue weighted by Gasteiger charge is -2.38. The second-order valence-electron chi connectivity index (χ2n) is 6.77. The number of hydrogen-bond donors (Lipinski definition) is 0. The average Bonchev–Trinajstić information content (AvgIpc) is 2.43. The van der Waals surface area contributed by atoms with Gasteiger partial charge in [-0.3, -0.25) is 4.79 Å². The van der Waals surface area contributed by atoms with Crippen LogP contribution in [0.3, 0.4) is 0 Å². The van der Waals surface area contributed by atoms with Crippen LogP contribution in [-0.4, -0.2) is 18.9 Å². The number of hydrogen-bond acceptors (Lipinski definition) is 2. The van der Waals surface area contributed by atoms with Gasteiger partial charge in [-0.25, -0.2) is 0 Å². The fourth-order valence-corrected chi connectivity index (χ4v) is 4.01. The van der Waals surface area contributed by atoms with Crippen LogP contribution < -0.4 is 4.90 Å². The highest BCUT2D eigenvalue weighted by Gasteiger charge is 2.34. The van der Waals surface area contributed by atoms with Crippen LogP contribution in [0.4, 0.5) is 5.69 Å². The number of benzene rings is 1. The van der Waals surface area contributed by atoms with Crippen LogP contribution in [0.2, 0.25) is 0 Å². The summed E-state index contributed by atoms with van der Waals surface area (Å²) in [4.78, 5) is 14.8. The van der Waals surface area contributed by atoms with E-state index in [0.29, 0.717) is 17.6 Å².